The minimum atomic E-state index is -0.204. The molecule has 2 nitrogen and oxygen atoms in total. The number of nitrogens with one attached hydrogen (secondary N) is 1. The van der Waals surface area contributed by atoms with E-state index in [1.807, 2.05) is 48.5 Å². The summed E-state index contributed by atoms with van der Waals surface area (Å²) in [5, 5.41) is 2.85. The number of halogens is 1. The second-order valence-electron chi connectivity index (χ2n) is 3.39. The van der Waals surface area contributed by atoms with E-state index in [2.05, 4.69) is 5.32 Å². The summed E-state index contributed by atoms with van der Waals surface area (Å²) in [6, 6.07) is 16.8. The molecule has 0 saturated heterocycles. The van der Waals surface area contributed by atoms with Crippen LogP contribution in [0, 0.1) is 0 Å². The van der Waals surface area contributed by atoms with Gasteiger partial charge in [0.15, 0.2) is 0 Å². The molecule has 0 heterocycles. The van der Waals surface area contributed by atoms with Crippen LogP contribution in [-0.4, -0.2) is 20.0 Å². The van der Waals surface area contributed by atoms with Crippen molar-refractivity contribution in [3.63, 3.8) is 0 Å². The number of carbonyl (C=O) groups excluding carboxylic acids is 1. The van der Waals surface area contributed by atoms with E-state index in [4.69, 9.17) is 10.1 Å². The Kier molecular flexibility index (Phi) is 4.21. The number of rotatable bonds is 3. The van der Waals surface area contributed by atoms with Crippen LogP contribution in [0.5, 0.6) is 0 Å². The van der Waals surface area contributed by atoms with Crippen molar-refractivity contribution in [3.05, 3.63) is 60.2 Å². The van der Waals surface area contributed by atoms with Crippen molar-refractivity contribution in [1.29, 1.82) is 0 Å². The Bertz CT molecular complexity index is 516. The van der Waals surface area contributed by atoms with Crippen LogP contribution >= 0.6 is 10.1 Å². The van der Waals surface area contributed by atoms with E-state index in [9.17, 15) is 4.79 Å². The normalized spacial score (nSPS) is 9.94. The standard InChI is InChI=1S/C13H10ClNOSe/c14-17-12-9-5-4-8-11(12)13(16)15-10-6-2-1-3-7-10/h1-9H,(H,15,16). The molecule has 0 bridgehead atoms. The van der Waals surface area contributed by atoms with Gasteiger partial charge in [-0.15, -0.1) is 0 Å². The van der Waals surface area contributed by atoms with Crippen molar-refractivity contribution >= 4 is 40.2 Å². The molecule has 0 aliphatic rings. The summed E-state index contributed by atoms with van der Waals surface area (Å²) in [6.07, 6.45) is 0. The minimum absolute atomic E-state index is 0.116. The van der Waals surface area contributed by atoms with Crippen molar-refractivity contribution in [2.75, 3.05) is 5.32 Å². The van der Waals surface area contributed by atoms with Gasteiger partial charge < -0.3 is 0 Å². The number of carbonyl (C=O) groups is 1. The molecule has 2 rings (SSSR count). The molecule has 0 aliphatic carbocycles. The fourth-order valence-corrected chi connectivity index (χ4v) is 2.92. The van der Waals surface area contributed by atoms with Crippen LogP contribution in [0.15, 0.2) is 54.6 Å². The average Bonchev–Trinajstić information content (AvgIpc) is 2.40. The third-order valence-corrected chi connectivity index (χ3v) is 4.21. The van der Waals surface area contributed by atoms with Crippen LogP contribution in [0.2, 0.25) is 0 Å². The zero-order valence-corrected chi connectivity index (χ0v) is 11.4. The summed E-state index contributed by atoms with van der Waals surface area (Å²) in [5.74, 6) is -0.116. The molecule has 0 fully saturated rings. The molecule has 2 aromatic carbocycles. The number of anilines is 1. The predicted octanol–water partition coefficient (Wildman–Crippen LogP) is 2.42. The number of amides is 1. The molecule has 4 heteroatoms. The van der Waals surface area contributed by atoms with Crippen LogP contribution in [0.1, 0.15) is 10.4 Å². The summed E-state index contributed by atoms with van der Waals surface area (Å²) >= 11 is -0.204. The van der Waals surface area contributed by atoms with Crippen molar-refractivity contribution in [1.82, 2.24) is 0 Å². The molecule has 0 saturated carbocycles. The van der Waals surface area contributed by atoms with Gasteiger partial charge in [0.05, 0.1) is 0 Å². The zero-order chi connectivity index (χ0) is 12.1. The Morgan fingerprint density at radius 2 is 1.65 bits per heavy atom. The second-order valence-corrected chi connectivity index (χ2v) is 5.44. The van der Waals surface area contributed by atoms with Gasteiger partial charge in [-0.2, -0.15) is 0 Å². The average molecular weight is 311 g/mol. The Balaban J connectivity index is 2.20. The molecule has 0 aromatic heterocycles. The first-order valence-electron chi connectivity index (χ1n) is 5.05. The maximum atomic E-state index is 12.0. The monoisotopic (exact) mass is 311 g/mol. The number of benzene rings is 2. The van der Waals surface area contributed by atoms with Gasteiger partial charge in [0.1, 0.15) is 0 Å². The molecular formula is C13H10ClNOSe. The van der Waals surface area contributed by atoms with E-state index in [-0.39, 0.29) is 20.0 Å². The number of hydrogen-bond donors (Lipinski definition) is 1. The van der Waals surface area contributed by atoms with Gasteiger partial charge in [-0.05, 0) is 0 Å². The fourth-order valence-electron chi connectivity index (χ4n) is 1.44. The quantitative estimate of drug-likeness (QED) is 0.867. The van der Waals surface area contributed by atoms with Crippen molar-refractivity contribution in [3.8, 4) is 0 Å². The van der Waals surface area contributed by atoms with Gasteiger partial charge in [0.25, 0.3) is 0 Å². The number of para-hydroxylation sites is 1. The summed E-state index contributed by atoms with van der Waals surface area (Å²) in [4.78, 5) is 12.0. The molecule has 0 unspecified atom stereocenters. The van der Waals surface area contributed by atoms with Gasteiger partial charge in [-0.3, -0.25) is 0 Å². The molecule has 17 heavy (non-hydrogen) atoms. The third kappa shape index (κ3) is 3.10. The van der Waals surface area contributed by atoms with E-state index in [0.717, 1.165) is 10.1 Å². The van der Waals surface area contributed by atoms with E-state index in [0.29, 0.717) is 5.56 Å². The zero-order valence-electron chi connectivity index (χ0n) is 8.89. The molecule has 1 amide bonds. The third-order valence-electron chi connectivity index (χ3n) is 2.25. The predicted molar refractivity (Wildman–Crippen MR) is 72.1 cm³/mol. The van der Waals surface area contributed by atoms with Crippen LogP contribution < -0.4 is 9.78 Å². The van der Waals surface area contributed by atoms with Crippen molar-refractivity contribution in [2.24, 2.45) is 0 Å². The molecular weight excluding hydrogens is 301 g/mol. The molecule has 2 aromatic rings. The van der Waals surface area contributed by atoms with E-state index in [1.165, 1.54) is 0 Å². The molecule has 0 radical (unpaired) electrons. The Morgan fingerprint density at radius 3 is 2.35 bits per heavy atom. The van der Waals surface area contributed by atoms with Crippen LogP contribution in [0.25, 0.3) is 0 Å². The second kappa shape index (κ2) is 5.87. The first kappa shape index (κ1) is 12.2. The van der Waals surface area contributed by atoms with Gasteiger partial charge in [-0.1, -0.05) is 0 Å². The van der Waals surface area contributed by atoms with Crippen molar-refractivity contribution in [2.45, 2.75) is 0 Å². The Morgan fingerprint density at radius 1 is 1.00 bits per heavy atom. The van der Waals surface area contributed by atoms with E-state index in [1.54, 1.807) is 6.07 Å². The van der Waals surface area contributed by atoms with Crippen molar-refractivity contribution < 1.29 is 4.79 Å². The van der Waals surface area contributed by atoms with Crippen LogP contribution in [0.4, 0.5) is 5.69 Å². The van der Waals surface area contributed by atoms with Gasteiger partial charge >= 0.3 is 110 Å². The Labute approximate surface area is 110 Å². The SMILES string of the molecule is O=C(Nc1ccccc1)c1ccccc1[Se]Cl. The summed E-state index contributed by atoms with van der Waals surface area (Å²) in [6.45, 7) is 0. The summed E-state index contributed by atoms with van der Waals surface area (Å²) in [7, 11) is 5.86. The van der Waals surface area contributed by atoms with Gasteiger partial charge in [0, 0.05) is 0 Å². The first-order chi connectivity index (χ1) is 8.31. The van der Waals surface area contributed by atoms with E-state index >= 15 is 0 Å². The van der Waals surface area contributed by atoms with Gasteiger partial charge in [0.2, 0.25) is 0 Å². The fraction of sp³-hybridized carbons (Fsp3) is 0. The van der Waals surface area contributed by atoms with Gasteiger partial charge in [-0.25, -0.2) is 0 Å². The Hall–Kier alpha value is -1.28. The molecule has 0 spiro atoms. The number of hydrogen-bond acceptors (Lipinski definition) is 1. The van der Waals surface area contributed by atoms with Crippen LogP contribution in [-0.2, 0) is 0 Å². The maximum absolute atomic E-state index is 12.0. The molecule has 86 valence electrons. The molecule has 0 aliphatic heterocycles. The first-order valence-corrected chi connectivity index (χ1v) is 8.16. The van der Waals surface area contributed by atoms with Crippen LogP contribution in [0.3, 0.4) is 0 Å². The summed E-state index contributed by atoms with van der Waals surface area (Å²) < 4.78 is 0.898. The van der Waals surface area contributed by atoms with E-state index < -0.39 is 0 Å². The molecule has 0 atom stereocenters. The molecule has 1 N–H and O–H groups in total. The topological polar surface area (TPSA) is 29.1 Å². The summed E-state index contributed by atoms with van der Waals surface area (Å²) in [5.41, 5.74) is 1.43.